The fourth-order valence-electron chi connectivity index (χ4n) is 2.28. The Kier molecular flexibility index (Phi) is 3.35. The Hall–Kier alpha value is -2.40. The van der Waals surface area contributed by atoms with Crippen molar-refractivity contribution in [1.29, 1.82) is 0 Å². The number of rotatable bonds is 4. The van der Waals surface area contributed by atoms with E-state index in [-0.39, 0.29) is 18.2 Å². The van der Waals surface area contributed by atoms with Crippen LogP contribution in [0.25, 0.3) is 0 Å². The quantitative estimate of drug-likeness (QED) is 0.859. The van der Waals surface area contributed by atoms with Gasteiger partial charge >= 0.3 is 0 Å². The molecule has 0 unspecified atom stereocenters. The van der Waals surface area contributed by atoms with Gasteiger partial charge in [0.15, 0.2) is 0 Å². The fraction of sp³-hybridized carbons (Fsp3) is 0.200. The average Bonchev–Trinajstić information content (AvgIpc) is 3.06. The van der Waals surface area contributed by atoms with Crippen molar-refractivity contribution in [2.24, 2.45) is 0 Å². The van der Waals surface area contributed by atoms with Crippen LogP contribution in [0.2, 0.25) is 0 Å². The van der Waals surface area contributed by atoms with Crippen LogP contribution in [0.4, 0.5) is 5.69 Å². The maximum Gasteiger partial charge on any atom is 0.251 e. The molecule has 0 aliphatic carbocycles. The maximum atomic E-state index is 12.3. The lowest BCUT2D eigenvalue weighted by Gasteiger charge is -2.15. The molecule has 0 bridgehead atoms. The second-order valence-corrected chi connectivity index (χ2v) is 4.62. The summed E-state index contributed by atoms with van der Waals surface area (Å²) in [5.74, 6) is 0.342. The molecule has 5 nitrogen and oxygen atoms in total. The predicted molar refractivity (Wildman–Crippen MR) is 72.9 cm³/mol. The first kappa shape index (κ1) is 12.6. The number of nitrogens with zero attached hydrogens (tertiary/aromatic N) is 1. The Bertz CT molecular complexity index is 607. The summed E-state index contributed by atoms with van der Waals surface area (Å²) in [6, 6.07) is 12.1. The van der Waals surface area contributed by atoms with Crippen molar-refractivity contribution in [3.63, 3.8) is 0 Å². The van der Waals surface area contributed by atoms with E-state index in [1.807, 2.05) is 12.1 Å². The molecule has 2 aromatic rings. The summed E-state index contributed by atoms with van der Waals surface area (Å²) in [5, 5.41) is 3.06. The Morgan fingerprint density at radius 1 is 1.15 bits per heavy atom. The highest BCUT2D eigenvalue weighted by Crippen LogP contribution is 2.22. The van der Waals surface area contributed by atoms with Crippen LogP contribution in [0.15, 0.2) is 53.1 Å². The molecule has 0 saturated carbocycles. The van der Waals surface area contributed by atoms with Gasteiger partial charge in [-0.15, -0.1) is 0 Å². The van der Waals surface area contributed by atoms with Gasteiger partial charge in [0.2, 0.25) is 5.91 Å². The first-order chi connectivity index (χ1) is 9.75. The predicted octanol–water partition coefficient (Wildman–Crippen LogP) is 1.70. The Balaban J connectivity index is 1.70. The van der Waals surface area contributed by atoms with Gasteiger partial charge < -0.3 is 4.42 Å². The number of carbonyl (C=O) groups is 2. The molecular formula is C15H14N2O3. The zero-order chi connectivity index (χ0) is 13.9. The molecule has 1 aromatic carbocycles. The second kappa shape index (κ2) is 5.30. The smallest absolute Gasteiger partial charge is 0.251 e. The summed E-state index contributed by atoms with van der Waals surface area (Å²) < 4.78 is 5.19. The molecule has 0 spiro atoms. The number of furan rings is 1. The van der Waals surface area contributed by atoms with E-state index in [2.05, 4.69) is 5.32 Å². The van der Waals surface area contributed by atoms with Crippen LogP contribution in [0, 0.1) is 0 Å². The lowest BCUT2D eigenvalue weighted by atomic mass is 10.2. The third-order valence-electron chi connectivity index (χ3n) is 3.26. The minimum absolute atomic E-state index is 0.175. The average molecular weight is 270 g/mol. The van der Waals surface area contributed by atoms with E-state index in [1.54, 1.807) is 36.6 Å². The molecule has 1 N–H and O–H groups in total. The number of para-hydroxylation sites is 1. The van der Waals surface area contributed by atoms with Gasteiger partial charge in [-0.25, -0.2) is 4.90 Å². The molecule has 102 valence electrons. The van der Waals surface area contributed by atoms with E-state index >= 15 is 0 Å². The number of hydrogen-bond acceptors (Lipinski definition) is 4. The number of amides is 2. The van der Waals surface area contributed by atoms with Gasteiger partial charge in [0.1, 0.15) is 5.76 Å². The van der Waals surface area contributed by atoms with Crippen LogP contribution in [-0.2, 0) is 16.1 Å². The number of carbonyl (C=O) groups excluding carboxylic acids is 2. The lowest BCUT2D eigenvalue weighted by Crippen LogP contribution is -2.38. The highest BCUT2D eigenvalue weighted by Gasteiger charge is 2.39. The van der Waals surface area contributed by atoms with Crippen LogP contribution >= 0.6 is 0 Å². The number of benzene rings is 1. The van der Waals surface area contributed by atoms with Crippen molar-refractivity contribution in [3.05, 3.63) is 54.5 Å². The number of imide groups is 1. The number of hydrogen-bond donors (Lipinski definition) is 1. The minimum Gasteiger partial charge on any atom is -0.468 e. The normalized spacial score (nSPS) is 18.8. The molecule has 1 aromatic heterocycles. The van der Waals surface area contributed by atoms with Gasteiger partial charge in [-0.1, -0.05) is 18.2 Å². The summed E-state index contributed by atoms with van der Waals surface area (Å²) in [4.78, 5) is 25.5. The van der Waals surface area contributed by atoms with Crippen molar-refractivity contribution in [2.75, 3.05) is 4.90 Å². The van der Waals surface area contributed by atoms with Crippen molar-refractivity contribution >= 4 is 17.5 Å². The molecule has 2 heterocycles. The van der Waals surface area contributed by atoms with E-state index in [1.165, 1.54) is 4.90 Å². The molecule has 5 heteroatoms. The van der Waals surface area contributed by atoms with Crippen LogP contribution in [0.1, 0.15) is 12.2 Å². The third kappa shape index (κ3) is 2.35. The van der Waals surface area contributed by atoms with Crippen LogP contribution in [0.3, 0.4) is 0 Å². The summed E-state index contributed by atoms with van der Waals surface area (Å²) >= 11 is 0. The second-order valence-electron chi connectivity index (χ2n) is 4.62. The molecule has 20 heavy (non-hydrogen) atoms. The van der Waals surface area contributed by atoms with Gasteiger partial charge in [-0.05, 0) is 24.3 Å². The molecule has 0 radical (unpaired) electrons. The van der Waals surface area contributed by atoms with E-state index in [0.717, 1.165) is 5.76 Å². The fourth-order valence-corrected chi connectivity index (χ4v) is 2.28. The van der Waals surface area contributed by atoms with E-state index in [9.17, 15) is 9.59 Å². The maximum absolute atomic E-state index is 12.3. The van der Waals surface area contributed by atoms with Crippen molar-refractivity contribution in [3.8, 4) is 0 Å². The Morgan fingerprint density at radius 2 is 1.95 bits per heavy atom. The molecular weight excluding hydrogens is 256 g/mol. The van der Waals surface area contributed by atoms with Crippen LogP contribution in [0.5, 0.6) is 0 Å². The highest BCUT2D eigenvalue weighted by atomic mass is 16.3. The molecule has 1 fully saturated rings. The first-order valence-corrected chi connectivity index (χ1v) is 6.43. The lowest BCUT2D eigenvalue weighted by molar-refractivity contribution is -0.121. The SMILES string of the molecule is O=C1C[C@@H](NCc2ccco2)C(=O)N1c1ccccc1. The van der Waals surface area contributed by atoms with Gasteiger partial charge in [0.25, 0.3) is 5.91 Å². The number of anilines is 1. The van der Waals surface area contributed by atoms with Gasteiger partial charge in [0, 0.05) is 0 Å². The molecule has 1 atom stereocenters. The zero-order valence-electron chi connectivity index (χ0n) is 10.8. The largest absolute Gasteiger partial charge is 0.468 e. The van der Waals surface area contributed by atoms with Gasteiger partial charge in [0.05, 0.1) is 31.0 Å². The first-order valence-electron chi connectivity index (χ1n) is 6.43. The topological polar surface area (TPSA) is 62.6 Å². The van der Waals surface area contributed by atoms with Crippen LogP contribution in [-0.4, -0.2) is 17.9 Å². The molecule has 1 aliphatic rings. The van der Waals surface area contributed by atoms with E-state index in [0.29, 0.717) is 12.2 Å². The Morgan fingerprint density at radius 3 is 2.65 bits per heavy atom. The van der Waals surface area contributed by atoms with Crippen molar-refractivity contribution in [2.45, 2.75) is 19.0 Å². The van der Waals surface area contributed by atoms with Gasteiger partial charge in [-0.2, -0.15) is 0 Å². The molecule has 1 aliphatic heterocycles. The third-order valence-corrected chi connectivity index (χ3v) is 3.26. The van der Waals surface area contributed by atoms with Gasteiger partial charge in [-0.3, -0.25) is 14.9 Å². The standard InChI is InChI=1S/C15H14N2O3/c18-14-9-13(16-10-12-7-4-8-20-12)15(19)17(14)11-5-2-1-3-6-11/h1-8,13,16H,9-10H2/t13-/m1/s1. The highest BCUT2D eigenvalue weighted by molar-refractivity contribution is 6.22. The zero-order valence-corrected chi connectivity index (χ0v) is 10.8. The molecule has 1 saturated heterocycles. The number of nitrogens with one attached hydrogen (secondary N) is 1. The van der Waals surface area contributed by atoms with Crippen molar-refractivity contribution < 1.29 is 14.0 Å². The summed E-state index contributed by atoms with van der Waals surface area (Å²) in [6.45, 7) is 0.430. The summed E-state index contributed by atoms with van der Waals surface area (Å²) in [5.41, 5.74) is 0.616. The minimum atomic E-state index is -0.493. The molecule has 2 amide bonds. The van der Waals surface area contributed by atoms with E-state index in [4.69, 9.17) is 4.42 Å². The summed E-state index contributed by atoms with van der Waals surface area (Å²) in [7, 11) is 0. The summed E-state index contributed by atoms with van der Waals surface area (Å²) in [6.07, 6.45) is 1.75. The van der Waals surface area contributed by atoms with Crippen molar-refractivity contribution in [1.82, 2.24) is 5.32 Å². The van der Waals surface area contributed by atoms with E-state index < -0.39 is 6.04 Å². The van der Waals surface area contributed by atoms with Crippen LogP contribution < -0.4 is 10.2 Å². The monoisotopic (exact) mass is 270 g/mol. The molecule has 3 rings (SSSR count). The Labute approximate surface area is 116 Å².